The molecule has 2 rings (SSSR count). The first-order valence-corrected chi connectivity index (χ1v) is 6.05. The van der Waals surface area contributed by atoms with Crippen molar-refractivity contribution in [2.24, 2.45) is 5.92 Å². The molecule has 0 aliphatic carbocycles. The van der Waals surface area contributed by atoms with E-state index in [1.807, 2.05) is 6.92 Å². The fourth-order valence-corrected chi connectivity index (χ4v) is 2.30. The van der Waals surface area contributed by atoms with Gasteiger partial charge in [0.25, 0.3) is 0 Å². The molecule has 2 heterocycles. The van der Waals surface area contributed by atoms with Gasteiger partial charge in [0, 0.05) is 30.8 Å². The fraction of sp³-hybridized carbons (Fsp3) is 0.538. The summed E-state index contributed by atoms with van der Waals surface area (Å²) < 4.78 is 7.11. The van der Waals surface area contributed by atoms with Crippen LogP contribution in [0.3, 0.4) is 0 Å². The van der Waals surface area contributed by atoms with Gasteiger partial charge in [0.1, 0.15) is 5.69 Å². The van der Waals surface area contributed by atoms with E-state index < -0.39 is 5.97 Å². The number of carboxylic acid groups (broad SMARTS) is 1. The Kier molecular flexibility index (Phi) is 3.52. The van der Waals surface area contributed by atoms with Gasteiger partial charge in [0.05, 0.1) is 6.10 Å². The second kappa shape index (κ2) is 4.94. The van der Waals surface area contributed by atoms with Crippen LogP contribution in [0.15, 0.2) is 12.3 Å². The Labute approximate surface area is 105 Å². The van der Waals surface area contributed by atoms with Gasteiger partial charge in [-0.1, -0.05) is 0 Å². The van der Waals surface area contributed by atoms with Crippen LogP contribution in [0, 0.1) is 5.92 Å². The lowest BCUT2D eigenvalue weighted by atomic mass is 10.0. The molecule has 0 spiro atoms. The summed E-state index contributed by atoms with van der Waals surface area (Å²) in [4.78, 5) is 22.5. The molecule has 0 radical (unpaired) electrons. The number of ketones is 1. The topological polar surface area (TPSA) is 68.5 Å². The molecule has 1 saturated heterocycles. The molecule has 1 fully saturated rings. The van der Waals surface area contributed by atoms with Crippen LogP contribution in [-0.4, -0.2) is 34.1 Å². The first-order chi connectivity index (χ1) is 8.49. The van der Waals surface area contributed by atoms with Crippen LogP contribution in [0.5, 0.6) is 0 Å². The Hall–Kier alpha value is -1.62. The van der Waals surface area contributed by atoms with Gasteiger partial charge in [0.2, 0.25) is 0 Å². The van der Waals surface area contributed by atoms with Crippen molar-refractivity contribution in [1.82, 2.24) is 4.57 Å². The van der Waals surface area contributed by atoms with Crippen molar-refractivity contribution in [3.05, 3.63) is 23.5 Å². The number of Topliss-reactive ketones (excluding diaryl/α,β-unsaturated/α-hetero) is 1. The van der Waals surface area contributed by atoms with E-state index in [2.05, 4.69) is 0 Å². The number of ether oxygens (including phenoxy) is 1. The summed E-state index contributed by atoms with van der Waals surface area (Å²) in [5, 5.41) is 9.14. The third-order valence-corrected chi connectivity index (χ3v) is 3.49. The summed E-state index contributed by atoms with van der Waals surface area (Å²) in [7, 11) is 0. The van der Waals surface area contributed by atoms with Crippen molar-refractivity contribution in [2.45, 2.75) is 32.9 Å². The van der Waals surface area contributed by atoms with Gasteiger partial charge in [-0.3, -0.25) is 4.79 Å². The molecule has 1 aromatic heterocycles. The standard InChI is InChI=1S/C13H17NO4/c1-8(15)11-5-12(13(16)17)14(7-11)6-10-3-4-18-9(10)2/h5,7,9-10H,3-4,6H2,1-2H3,(H,16,17). The number of aromatic nitrogens is 1. The Balaban J connectivity index is 2.25. The van der Waals surface area contributed by atoms with Gasteiger partial charge >= 0.3 is 5.97 Å². The maximum Gasteiger partial charge on any atom is 0.352 e. The Bertz CT molecular complexity index is 477. The lowest BCUT2D eigenvalue weighted by Gasteiger charge is -2.15. The summed E-state index contributed by atoms with van der Waals surface area (Å²) in [6.07, 6.45) is 2.68. The maximum atomic E-state index is 11.3. The number of rotatable bonds is 4. The average molecular weight is 251 g/mol. The van der Waals surface area contributed by atoms with Crippen LogP contribution in [0.4, 0.5) is 0 Å². The van der Waals surface area contributed by atoms with Crippen LogP contribution < -0.4 is 0 Å². The Morgan fingerprint density at radius 2 is 2.28 bits per heavy atom. The van der Waals surface area contributed by atoms with E-state index >= 15 is 0 Å². The largest absolute Gasteiger partial charge is 0.477 e. The summed E-state index contributed by atoms with van der Waals surface area (Å²) in [6, 6.07) is 1.44. The van der Waals surface area contributed by atoms with E-state index in [-0.39, 0.29) is 17.6 Å². The first-order valence-electron chi connectivity index (χ1n) is 6.05. The molecule has 5 nitrogen and oxygen atoms in total. The predicted molar refractivity (Wildman–Crippen MR) is 64.9 cm³/mol. The van der Waals surface area contributed by atoms with Crippen LogP contribution >= 0.6 is 0 Å². The van der Waals surface area contributed by atoms with Gasteiger partial charge in [-0.2, -0.15) is 0 Å². The summed E-state index contributed by atoms with van der Waals surface area (Å²) in [5.74, 6) is -0.823. The number of hydrogen-bond acceptors (Lipinski definition) is 3. The molecular weight excluding hydrogens is 234 g/mol. The zero-order valence-corrected chi connectivity index (χ0v) is 10.5. The zero-order valence-electron chi connectivity index (χ0n) is 10.5. The van der Waals surface area contributed by atoms with Crippen LogP contribution in [0.2, 0.25) is 0 Å². The third kappa shape index (κ3) is 2.46. The van der Waals surface area contributed by atoms with E-state index in [9.17, 15) is 9.59 Å². The second-order valence-electron chi connectivity index (χ2n) is 4.75. The smallest absolute Gasteiger partial charge is 0.352 e. The number of carboxylic acids is 1. The average Bonchev–Trinajstić information content (AvgIpc) is 2.87. The first kappa shape index (κ1) is 12.8. The molecular formula is C13H17NO4. The van der Waals surface area contributed by atoms with Gasteiger partial charge in [-0.25, -0.2) is 4.79 Å². The highest BCUT2D eigenvalue weighted by molar-refractivity contribution is 5.97. The van der Waals surface area contributed by atoms with Gasteiger partial charge in [-0.05, 0) is 26.3 Å². The van der Waals surface area contributed by atoms with E-state index in [1.165, 1.54) is 13.0 Å². The van der Waals surface area contributed by atoms with Gasteiger partial charge < -0.3 is 14.4 Å². The molecule has 18 heavy (non-hydrogen) atoms. The van der Waals surface area contributed by atoms with Crippen LogP contribution in [0.25, 0.3) is 0 Å². The molecule has 0 aromatic carbocycles. The van der Waals surface area contributed by atoms with Gasteiger partial charge in [-0.15, -0.1) is 0 Å². The Morgan fingerprint density at radius 1 is 1.56 bits per heavy atom. The molecule has 1 N–H and O–H groups in total. The van der Waals surface area contributed by atoms with Crippen LogP contribution in [-0.2, 0) is 11.3 Å². The fourth-order valence-electron chi connectivity index (χ4n) is 2.30. The molecule has 1 aliphatic rings. The summed E-state index contributed by atoms with van der Waals surface area (Å²) in [5.41, 5.74) is 0.610. The second-order valence-corrected chi connectivity index (χ2v) is 4.75. The van der Waals surface area contributed by atoms with Gasteiger partial charge in [0.15, 0.2) is 5.78 Å². The lowest BCUT2D eigenvalue weighted by Crippen LogP contribution is -2.20. The van der Waals surface area contributed by atoms with Crippen LogP contribution in [0.1, 0.15) is 41.1 Å². The highest BCUT2D eigenvalue weighted by Crippen LogP contribution is 2.23. The molecule has 0 saturated carbocycles. The number of aromatic carboxylic acids is 1. The Morgan fingerprint density at radius 3 is 2.78 bits per heavy atom. The van der Waals surface area contributed by atoms with Crippen molar-refractivity contribution < 1.29 is 19.4 Å². The quantitative estimate of drug-likeness (QED) is 0.829. The van der Waals surface area contributed by atoms with Crippen molar-refractivity contribution in [3.8, 4) is 0 Å². The third-order valence-electron chi connectivity index (χ3n) is 3.49. The molecule has 98 valence electrons. The van der Waals surface area contributed by atoms with E-state index in [4.69, 9.17) is 9.84 Å². The minimum atomic E-state index is -1.01. The number of hydrogen-bond donors (Lipinski definition) is 1. The SMILES string of the molecule is CC(=O)c1cc(C(=O)O)n(CC2CCOC2C)c1. The minimum Gasteiger partial charge on any atom is -0.477 e. The van der Waals surface area contributed by atoms with E-state index in [0.29, 0.717) is 18.0 Å². The summed E-state index contributed by atoms with van der Waals surface area (Å²) in [6.45, 7) is 4.73. The van der Waals surface area contributed by atoms with Crippen molar-refractivity contribution in [3.63, 3.8) is 0 Å². The molecule has 5 heteroatoms. The lowest BCUT2D eigenvalue weighted by molar-refractivity contribution is 0.0679. The highest BCUT2D eigenvalue weighted by Gasteiger charge is 2.26. The zero-order chi connectivity index (χ0) is 13.3. The molecule has 0 bridgehead atoms. The van der Waals surface area contributed by atoms with Crippen molar-refractivity contribution in [2.75, 3.05) is 6.61 Å². The number of nitrogens with zero attached hydrogens (tertiary/aromatic N) is 1. The minimum absolute atomic E-state index is 0.119. The summed E-state index contributed by atoms with van der Waals surface area (Å²) >= 11 is 0. The molecule has 2 unspecified atom stereocenters. The molecule has 1 aromatic rings. The van der Waals surface area contributed by atoms with Crippen molar-refractivity contribution in [1.29, 1.82) is 0 Å². The van der Waals surface area contributed by atoms with E-state index in [1.54, 1.807) is 10.8 Å². The molecule has 1 aliphatic heterocycles. The normalized spacial score (nSPS) is 23.2. The number of carbonyl (C=O) groups is 2. The van der Waals surface area contributed by atoms with Crippen molar-refractivity contribution >= 4 is 11.8 Å². The molecule has 0 amide bonds. The highest BCUT2D eigenvalue weighted by atomic mass is 16.5. The molecule has 2 atom stereocenters. The maximum absolute atomic E-state index is 11.3. The van der Waals surface area contributed by atoms with E-state index in [0.717, 1.165) is 13.0 Å². The number of carbonyl (C=O) groups excluding carboxylic acids is 1. The predicted octanol–water partition coefficient (Wildman–Crippen LogP) is 1.81. The monoisotopic (exact) mass is 251 g/mol.